The van der Waals surface area contributed by atoms with Crippen LogP contribution in [-0.4, -0.2) is 68.2 Å². The number of carbonyl (C=O) groups excluding carboxylic acids is 2. The fourth-order valence-corrected chi connectivity index (χ4v) is 5.75. The number of nitrogens with one attached hydrogen (secondary N) is 2. The van der Waals surface area contributed by atoms with Crippen LogP contribution >= 0.6 is 0 Å². The van der Waals surface area contributed by atoms with Crippen molar-refractivity contribution in [2.24, 2.45) is 0 Å². The number of fused-ring (bicyclic) bond motifs is 3. The zero-order chi connectivity index (χ0) is 24.6. The first-order chi connectivity index (χ1) is 16.8. The van der Waals surface area contributed by atoms with Gasteiger partial charge in [0.2, 0.25) is 21.8 Å². The van der Waals surface area contributed by atoms with E-state index in [1.54, 1.807) is 0 Å². The van der Waals surface area contributed by atoms with Crippen molar-refractivity contribution in [3.05, 3.63) is 36.0 Å². The molecule has 1 unspecified atom stereocenters. The van der Waals surface area contributed by atoms with Gasteiger partial charge in [-0.3, -0.25) is 14.9 Å². The van der Waals surface area contributed by atoms with Gasteiger partial charge in [-0.15, -0.1) is 0 Å². The minimum atomic E-state index is -3.11. The van der Waals surface area contributed by atoms with Gasteiger partial charge in [-0.05, 0) is 54.3 Å². The van der Waals surface area contributed by atoms with Crippen molar-refractivity contribution in [2.75, 3.05) is 32.5 Å². The number of piperidine rings is 2. The van der Waals surface area contributed by atoms with Gasteiger partial charge in [-0.25, -0.2) is 12.7 Å². The summed E-state index contributed by atoms with van der Waals surface area (Å²) in [4.78, 5) is 23.9. The summed E-state index contributed by atoms with van der Waals surface area (Å²) >= 11 is 0. The van der Waals surface area contributed by atoms with Crippen LogP contribution in [0.1, 0.15) is 37.3 Å². The number of sulfonamides is 1. The number of aromatic nitrogens is 1. The molecule has 2 aromatic carbocycles. The van der Waals surface area contributed by atoms with Crippen LogP contribution in [0.25, 0.3) is 21.7 Å². The normalized spacial score (nSPS) is 20.4. The molecule has 3 aromatic rings. The Morgan fingerprint density at radius 3 is 2.71 bits per heavy atom. The number of ether oxygens (including phenoxy) is 1. The molecule has 0 saturated carbocycles. The zero-order valence-corrected chi connectivity index (χ0v) is 20.3. The zero-order valence-electron chi connectivity index (χ0n) is 19.5. The summed E-state index contributed by atoms with van der Waals surface area (Å²) < 4.78 is 36.2. The third kappa shape index (κ3) is 5.02. The van der Waals surface area contributed by atoms with Gasteiger partial charge in [-0.1, -0.05) is 11.2 Å². The van der Waals surface area contributed by atoms with Crippen molar-refractivity contribution < 1.29 is 27.3 Å². The third-order valence-corrected chi connectivity index (χ3v) is 8.05. The predicted octanol–water partition coefficient (Wildman–Crippen LogP) is 1.89. The molecule has 2 saturated heterocycles. The molecule has 2 amide bonds. The van der Waals surface area contributed by atoms with E-state index in [4.69, 9.17) is 9.26 Å². The summed E-state index contributed by atoms with van der Waals surface area (Å²) in [7, 11) is -3.11. The molecular formula is C24H28N4O6S. The van der Waals surface area contributed by atoms with Gasteiger partial charge in [0.05, 0.1) is 17.6 Å². The molecule has 5 rings (SSSR count). The number of imide groups is 1. The van der Waals surface area contributed by atoms with E-state index in [1.165, 1.54) is 10.6 Å². The number of benzene rings is 2. The number of amides is 2. The molecule has 0 bridgehead atoms. The molecule has 0 spiro atoms. The standard InChI is InChI=1S/C24H28N4O6S/c1-35(31,32)28-11-8-16(9-12-28)25-10-13-33-17-3-4-18-15(14-17)2-6-20-22(18)23(27-34-20)19-5-7-21(29)26-24(19)30/h2-4,6,14,16,19,25H,5,7-13H2,1H3,(H,26,29,30). The van der Waals surface area contributed by atoms with Crippen LogP contribution < -0.4 is 15.4 Å². The van der Waals surface area contributed by atoms with E-state index in [2.05, 4.69) is 15.8 Å². The quantitative estimate of drug-likeness (QED) is 0.372. The fraction of sp³-hybridized carbons (Fsp3) is 0.458. The van der Waals surface area contributed by atoms with E-state index in [0.717, 1.165) is 34.7 Å². The van der Waals surface area contributed by atoms with Gasteiger partial charge >= 0.3 is 0 Å². The Hall–Kier alpha value is -3.02. The molecule has 2 aliphatic rings. The third-order valence-electron chi connectivity index (χ3n) is 6.75. The highest BCUT2D eigenvalue weighted by molar-refractivity contribution is 7.88. The molecule has 3 heterocycles. The molecule has 0 aliphatic carbocycles. The summed E-state index contributed by atoms with van der Waals surface area (Å²) in [6.07, 6.45) is 3.50. The average Bonchev–Trinajstić information content (AvgIpc) is 3.26. The minimum Gasteiger partial charge on any atom is -0.492 e. The molecule has 0 radical (unpaired) electrons. The molecule has 11 heteroatoms. The van der Waals surface area contributed by atoms with Gasteiger partial charge in [0.25, 0.3) is 0 Å². The maximum absolute atomic E-state index is 12.4. The Morgan fingerprint density at radius 2 is 1.97 bits per heavy atom. The molecular weight excluding hydrogens is 472 g/mol. The molecule has 2 fully saturated rings. The molecule has 1 aromatic heterocycles. The first-order valence-corrected chi connectivity index (χ1v) is 13.6. The van der Waals surface area contributed by atoms with Crippen LogP contribution in [0.5, 0.6) is 5.75 Å². The van der Waals surface area contributed by atoms with E-state index in [-0.39, 0.29) is 24.3 Å². The Kier molecular flexibility index (Phi) is 6.47. The van der Waals surface area contributed by atoms with E-state index in [1.807, 2.05) is 30.3 Å². The second-order valence-electron chi connectivity index (χ2n) is 9.13. The van der Waals surface area contributed by atoms with E-state index >= 15 is 0 Å². The smallest absolute Gasteiger partial charge is 0.235 e. The van der Waals surface area contributed by atoms with Crippen molar-refractivity contribution in [1.29, 1.82) is 0 Å². The maximum Gasteiger partial charge on any atom is 0.235 e. The van der Waals surface area contributed by atoms with Crippen molar-refractivity contribution in [2.45, 2.75) is 37.6 Å². The highest BCUT2D eigenvalue weighted by Crippen LogP contribution is 2.36. The molecule has 2 N–H and O–H groups in total. The second-order valence-corrected chi connectivity index (χ2v) is 11.1. The Labute approximate surface area is 203 Å². The van der Waals surface area contributed by atoms with Gasteiger partial charge in [0.1, 0.15) is 18.1 Å². The Bertz CT molecular complexity index is 1380. The predicted molar refractivity (Wildman–Crippen MR) is 130 cm³/mol. The van der Waals surface area contributed by atoms with Crippen LogP contribution in [0.3, 0.4) is 0 Å². The summed E-state index contributed by atoms with van der Waals surface area (Å²) in [5.41, 5.74) is 1.15. The van der Waals surface area contributed by atoms with Crippen LogP contribution in [0.4, 0.5) is 0 Å². The molecule has 10 nitrogen and oxygen atoms in total. The van der Waals surface area contributed by atoms with Crippen molar-refractivity contribution in [3.63, 3.8) is 0 Å². The number of hydrogen-bond acceptors (Lipinski definition) is 8. The highest BCUT2D eigenvalue weighted by atomic mass is 32.2. The Morgan fingerprint density at radius 1 is 1.17 bits per heavy atom. The van der Waals surface area contributed by atoms with Crippen molar-refractivity contribution in [3.8, 4) is 5.75 Å². The SMILES string of the molecule is CS(=O)(=O)N1CCC(NCCOc2ccc3c(ccc4onc(C5CCC(=O)NC5=O)c43)c2)CC1. The largest absolute Gasteiger partial charge is 0.492 e. The number of hydrogen-bond donors (Lipinski definition) is 2. The van der Waals surface area contributed by atoms with Crippen LogP contribution in [-0.2, 0) is 19.6 Å². The van der Waals surface area contributed by atoms with Crippen LogP contribution in [0.2, 0.25) is 0 Å². The summed E-state index contributed by atoms with van der Waals surface area (Å²) in [6, 6.07) is 9.80. The summed E-state index contributed by atoms with van der Waals surface area (Å²) in [6.45, 7) is 2.22. The van der Waals surface area contributed by atoms with Crippen LogP contribution in [0.15, 0.2) is 34.9 Å². The van der Waals surface area contributed by atoms with E-state index in [9.17, 15) is 18.0 Å². The summed E-state index contributed by atoms with van der Waals surface area (Å²) in [5.74, 6) is -0.405. The molecule has 186 valence electrons. The van der Waals surface area contributed by atoms with Crippen molar-refractivity contribution in [1.82, 2.24) is 20.1 Å². The lowest BCUT2D eigenvalue weighted by atomic mass is 9.91. The van der Waals surface area contributed by atoms with Gasteiger partial charge in [0.15, 0.2) is 5.58 Å². The first kappa shape index (κ1) is 23.7. The Balaban J connectivity index is 1.23. The highest BCUT2D eigenvalue weighted by Gasteiger charge is 2.32. The number of carbonyl (C=O) groups is 2. The average molecular weight is 501 g/mol. The molecule has 1 atom stereocenters. The van der Waals surface area contributed by atoms with Gasteiger partial charge < -0.3 is 14.6 Å². The maximum atomic E-state index is 12.4. The van der Waals surface area contributed by atoms with Crippen LogP contribution in [0, 0.1) is 0 Å². The first-order valence-electron chi connectivity index (χ1n) is 11.8. The van der Waals surface area contributed by atoms with E-state index < -0.39 is 15.9 Å². The van der Waals surface area contributed by atoms with Crippen molar-refractivity contribution >= 4 is 43.6 Å². The number of nitrogens with zero attached hydrogens (tertiary/aromatic N) is 2. The van der Waals surface area contributed by atoms with Gasteiger partial charge in [0, 0.05) is 32.1 Å². The second kappa shape index (κ2) is 9.56. The van der Waals surface area contributed by atoms with E-state index in [0.29, 0.717) is 43.9 Å². The number of rotatable bonds is 7. The minimum absolute atomic E-state index is 0.264. The molecule has 35 heavy (non-hydrogen) atoms. The fourth-order valence-electron chi connectivity index (χ4n) is 4.88. The monoisotopic (exact) mass is 500 g/mol. The van der Waals surface area contributed by atoms with Gasteiger partial charge in [-0.2, -0.15) is 0 Å². The lowest BCUT2D eigenvalue weighted by Crippen LogP contribution is -2.45. The lowest BCUT2D eigenvalue weighted by molar-refractivity contribution is -0.134. The summed E-state index contributed by atoms with van der Waals surface area (Å²) in [5, 5.41) is 12.6. The lowest BCUT2D eigenvalue weighted by Gasteiger charge is -2.30. The topological polar surface area (TPSA) is 131 Å². The molecule has 2 aliphatic heterocycles.